The van der Waals surface area contributed by atoms with Crippen LogP contribution in [0.3, 0.4) is 0 Å². The van der Waals surface area contributed by atoms with Gasteiger partial charge in [-0.3, -0.25) is 19.8 Å². The number of rotatable bonds is 3. The zero-order valence-corrected chi connectivity index (χ0v) is 12.0. The standard InChI is InChI=1S/C15H17N3O4/c19-13-6-8-18(15(22)16-13)12-3-1-11(2-4-12)17-7-5-10(9-17)14(20)21/h1-4,10H,5-9H2,(H,20,21)(H,16,19,22). The van der Waals surface area contributed by atoms with E-state index in [0.29, 0.717) is 25.9 Å². The number of carbonyl (C=O) groups excluding carboxylic acids is 2. The number of carboxylic acid groups (broad SMARTS) is 1. The summed E-state index contributed by atoms with van der Waals surface area (Å²) in [4.78, 5) is 37.5. The van der Waals surface area contributed by atoms with Crippen LogP contribution in [0.25, 0.3) is 0 Å². The van der Waals surface area contributed by atoms with E-state index in [1.807, 2.05) is 29.2 Å². The number of carbonyl (C=O) groups is 3. The maximum Gasteiger partial charge on any atom is 0.328 e. The predicted molar refractivity (Wildman–Crippen MR) is 79.9 cm³/mol. The van der Waals surface area contributed by atoms with Gasteiger partial charge >= 0.3 is 12.0 Å². The van der Waals surface area contributed by atoms with E-state index in [1.54, 1.807) is 0 Å². The summed E-state index contributed by atoms with van der Waals surface area (Å²) in [6.07, 6.45) is 0.938. The molecular formula is C15H17N3O4. The van der Waals surface area contributed by atoms with E-state index in [4.69, 9.17) is 5.11 Å². The van der Waals surface area contributed by atoms with Crippen LogP contribution in [0, 0.1) is 5.92 Å². The molecule has 0 aromatic heterocycles. The van der Waals surface area contributed by atoms with Crippen molar-refractivity contribution in [1.82, 2.24) is 5.32 Å². The molecule has 2 N–H and O–H groups in total. The van der Waals surface area contributed by atoms with Crippen LogP contribution in [0.2, 0.25) is 0 Å². The molecule has 116 valence electrons. The summed E-state index contributed by atoms with van der Waals surface area (Å²) >= 11 is 0. The Morgan fingerprint density at radius 3 is 2.41 bits per heavy atom. The number of nitrogens with zero attached hydrogens (tertiary/aromatic N) is 2. The molecule has 1 unspecified atom stereocenters. The van der Waals surface area contributed by atoms with E-state index >= 15 is 0 Å². The van der Waals surface area contributed by atoms with Crippen molar-refractivity contribution in [3.8, 4) is 0 Å². The lowest BCUT2D eigenvalue weighted by atomic mass is 10.1. The number of benzene rings is 1. The zero-order chi connectivity index (χ0) is 15.7. The number of urea groups is 1. The van der Waals surface area contributed by atoms with Gasteiger partial charge in [0.15, 0.2) is 0 Å². The second-order valence-electron chi connectivity index (χ2n) is 5.54. The van der Waals surface area contributed by atoms with Crippen molar-refractivity contribution in [2.45, 2.75) is 12.8 Å². The molecule has 1 atom stereocenters. The Bertz CT molecular complexity index is 614. The highest BCUT2D eigenvalue weighted by molar-refractivity contribution is 6.05. The molecule has 0 aliphatic carbocycles. The Morgan fingerprint density at radius 1 is 1.14 bits per heavy atom. The maximum atomic E-state index is 11.8. The summed E-state index contributed by atoms with van der Waals surface area (Å²) in [5.41, 5.74) is 1.67. The Balaban J connectivity index is 1.69. The average Bonchev–Trinajstić information content (AvgIpc) is 2.98. The SMILES string of the molecule is O=C1CCN(c2ccc(N3CCC(C(=O)O)C3)cc2)C(=O)N1. The lowest BCUT2D eigenvalue weighted by Crippen LogP contribution is -2.49. The van der Waals surface area contributed by atoms with Gasteiger partial charge in [-0.15, -0.1) is 0 Å². The minimum absolute atomic E-state index is 0.255. The molecule has 2 heterocycles. The van der Waals surface area contributed by atoms with Gasteiger partial charge in [-0.25, -0.2) is 4.79 Å². The van der Waals surface area contributed by atoms with Gasteiger partial charge in [0.1, 0.15) is 0 Å². The second kappa shape index (κ2) is 5.67. The Labute approximate surface area is 127 Å². The summed E-state index contributed by atoms with van der Waals surface area (Å²) in [5, 5.41) is 11.3. The summed E-state index contributed by atoms with van der Waals surface area (Å²) in [6.45, 7) is 1.59. The highest BCUT2D eigenvalue weighted by Gasteiger charge is 2.28. The van der Waals surface area contributed by atoms with E-state index in [1.165, 1.54) is 4.90 Å². The van der Waals surface area contributed by atoms with Crippen molar-refractivity contribution in [2.24, 2.45) is 5.92 Å². The predicted octanol–water partition coefficient (Wildman–Crippen LogP) is 1.04. The van der Waals surface area contributed by atoms with E-state index in [9.17, 15) is 14.4 Å². The van der Waals surface area contributed by atoms with Gasteiger partial charge in [0, 0.05) is 37.4 Å². The largest absolute Gasteiger partial charge is 0.481 e. The summed E-state index contributed by atoms with van der Waals surface area (Å²) in [7, 11) is 0. The molecule has 2 saturated heterocycles. The summed E-state index contributed by atoms with van der Waals surface area (Å²) in [6, 6.07) is 6.99. The quantitative estimate of drug-likeness (QED) is 0.871. The molecular weight excluding hydrogens is 286 g/mol. The van der Waals surface area contributed by atoms with Crippen LogP contribution in [0.5, 0.6) is 0 Å². The van der Waals surface area contributed by atoms with Crippen molar-refractivity contribution in [3.05, 3.63) is 24.3 Å². The molecule has 1 aromatic carbocycles. The van der Waals surface area contributed by atoms with E-state index in [0.717, 1.165) is 17.9 Å². The average molecular weight is 303 g/mol. The maximum absolute atomic E-state index is 11.8. The van der Waals surface area contributed by atoms with Crippen LogP contribution in [-0.2, 0) is 9.59 Å². The van der Waals surface area contributed by atoms with Crippen LogP contribution in [-0.4, -0.2) is 42.6 Å². The van der Waals surface area contributed by atoms with Gasteiger partial charge in [0.2, 0.25) is 5.91 Å². The van der Waals surface area contributed by atoms with Crippen molar-refractivity contribution in [1.29, 1.82) is 0 Å². The fourth-order valence-electron chi connectivity index (χ4n) is 2.85. The van der Waals surface area contributed by atoms with E-state index < -0.39 is 12.0 Å². The normalized spacial score (nSPS) is 21.9. The third-order valence-electron chi connectivity index (χ3n) is 4.12. The van der Waals surface area contributed by atoms with Crippen molar-refractivity contribution < 1.29 is 19.5 Å². The first-order valence-corrected chi connectivity index (χ1v) is 7.24. The number of hydrogen-bond acceptors (Lipinski definition) is 4. The fraction of sp³-hybridized carbons (Fsp3) is 0.400. The van der Waals surface area contributed by atoms with Crippen molar-refractivity contribution >= 4 is 29.3 Å². The van der Waals surface area contributed by atoms with Gasteiger partial charge in [-0.2, -0.15) is 0 Å². The number of nitrogens with one attached hydrogen (secondary N) is 1. The molecule has 3 rings (SSSR count). The van der Waals surface area contributed by atoms with Crippen molar-refractivity contribution in [3.63, 3.8) is 0 Å². The molecule has 1 aromatic rings. The van der Waals surface area contributed by atoms with Crippen LogP contribution in [0.15, 0.2) is 24.3 Å². The Hall–Kier alpha value is -2.57. The van der Waals surface area contributed by atoms with E-state index in [2.05, 4.69) is 5.32 Å². The van der Waals surface area contributed by atoms with Crippen LogP contribution < -0.4 is 15.1 Å². The molecule has 2 fully saturated rings. The van der Waals surface area contributed by atoms with Gasteiger partial charge in [-0.1, -0.05) is 0 Å². The van der Waals surface area contributed by atoms with Gasteiger partial charge in [0.25, 0.3) is 0 Å². The molecule has 2 aliphatic rings. The number of hydrogen-bond donors (Lipinski definition) is 2. The molecule has 0 radical (unpaired) electrons. The van der Waals surface area contributed by atoms with Gasteiger partial charge in [0.05, 0.1) is 5.92 Å². The van der Waals surface area contributed by atoms with Crippen LogP contribution >= 0.6 is 0 Å². The number of amides is 3. The minimum atomic E-state index is -0.756. The Morgan fingerprint density at radius 2 is 1.82 bits per heavy atom. The lowest BCUT2D eigenvalue weighted by Gasteiger charge is -2.27. The highest BCUT2D eigenvalue weighted by atomic mass is 16.4. The molecule has 0 spiro atoms. The topological polar surface area (TPSA) is 90.0 Å². The zero-order valence-electron chi connectivity index (χ0n) is 12.0. The van der Waals surface area contributed by atoms with Crippen LogP contribution in [0.1, 0.15) is 12.8 Å². The van der Waals surface area contributed by atoms with Gasteiger partial charge in [-0.05, 0) is 30.7 Å². The molecule has 0 bridgehead atoms. The first-order valence-electron chi connectivity index (χ1n) is 7.24. The minimum Gasteiger partial charge on any atom is -0.481 e. The number of carboxylic acids is 1. The molecule has 7 heteroatoms. The van der Waals surface area contributed by atoms with Crippen LogP contribution in [0.4, 0.5) is 16.2 Å². The highest BCUT2D eigenvalue weighted by Crippen LogP contribution is 2.27. The Kier molecular flexibility index (Phi) is 3.70. The lowest BCUT2D eigenvalue weighted by molar-refractivity contribution is -0.140. The smallest absolute Gasteiger partial charge is 0.328 e. The molecule has 0 saturated carbocycles. The fourth-order valence-corrected chi connectivity index (χ4v) is 2.85. The number of aliphatic carboxylic acids is 1. The first kappa shape index (κ1) is 14.4. The molecule has 22 heavy (non-hydrogen) atoms. The third-order valence-corrected chi connectivity index (χ3v) is 4.12. The number of anilines is 2. The molecule has 3 amide bonds. The van der Waals surface area contributed by atoms with Gasteiger partial charge < -0.3 is 10.0 Å². The number of imide groups is 1. The monoisotopic (exact) mass is 303 g/mol. The molecule has 2 aliphatic heterocycles. The molecule has 7 nitrogen and oxygen atoms in total. The third kappa shape index (κ3) is 2.74. The van der Waals surface area contributed by atoms with Crippen molar-refractivity contribution in [2.75, 3.05) is 29.4 Å². The summed E-state index contributed by atoms with van der Waals surface area (Å²) < 4.78 is 0. The second-order valence-corrected chi connectivity index (χ2v) is 5.54. The summed E-state index contributed by atoms with van der Waals surface area (Å²) in [5.74, 6) is -1.33. The van der Waals surface area contributed by atoms with E-state index in [-0.39, 0.29) is 11.8 Å². The first-order chi connectivity index (χ1) is 10.5.